The fourth-order valence-electron chi connectivity index (χ4n) is 3.53. The molecule has 21 heavy (non-hydrogen) atoms. The largest absolute Gasteiger partial charge is 0.387 e. The molecule has 1 unspecified atom stereocenters. The fourth-order valence-corrected chi connectivity index (χ4v) is 3.53. The Labute approximate surface area is 123 Å². The van der Waals surface area contributed by atoms with Crippen LogP contribution in [0.2, 0.25) is 0 Å². The van der Waals surface area contributed by atoms with E-state index >= 15 is 0 Å². The zero-order valence-corrected chi connectivity index (χ0v) is 11.7. The normalized spacial score (nSPS) is 18.6. The van der Waals surface area contributed by atoms with E-state index in [1.165, 1.54) is 12.1 Å². The summed E-state index contributed by atoms with van der Waals surface area (Å²) in [6, 6.07) is 13.7. The lowest BCUT2D eigenvalue weighted by atomic mass is 9.72. The highest BCUT2D eigenvalue weighted by molar-refractivity contribution is 5.34. The third-order valence-electron chi connectivity index (χ3n) is 4.64. The number of halogens is 2. The molecule has 110 valence electrons. The van der Waals surface area contributed by atoms with Crippen molar-refractivity contribution in [1.29, 1.82) is 0 Å². The molecule has 0 bridgehead atoms. The second-order valence-corrected chi connectivity index (χ2v) is 5.77. The lowest BCUT2D eigenvalue weighted by Gasteiger charge is -2.35. The molecule has 1 N–H and O–H groups in total. The van der Waals surface area contributed by atoms with Crippen molar-refractivity contribution in [2.24, 2.45) is 0 Å². The Kier molecular flexibility index (Phi) is 3.77. The van der Waals surface area contributed by atoms with Crippen LogP contribution in [0, 0.1) is 11.6 Å². The number of hydrogen-bond acceptors (Lipinski definition) is 1. The van der Waals surface area contributed by atoms with Crippen LogP contribution in [0.4, 0.5) is 8.78 Å². The number of hydrogen-bond donors (Lipinski definition) is 1. The van der Waals surface area contributed by atoms with Crippen LogP contribution in [0.3, 0.4) is 0 Å². The molecule has 1 aliphatic rings. The van der Waals surface area contributed by atoms with Gasteiger partial charge in [-0.3, -0.25) is 0 Å². The van der Waals surface area contributed by atoms with Crippen LogP contribution in [0.15, 0.2) is 48.5 Å². The smallest absolute Gasteiger partial charge is 0.164 e. The van der Waals surface area contributed by atoms with Crippen molar-refractivity contribution in [3.63, 3.8) is 0 Å². The number of benzene rings is 2. The standard InChI is InChI=1S/C18H18F2O/c19-15-10-6-9-14(16(15)20)17(21)18(11-4-5-12-18)13-7-2-1-3-8-13/h1-3,6-10,17,21H,4-5,11-12H2. The zero-order valence-electron chi connectivity index (χ0n) is 11.7. The molecule has 1 fully saturated rings. The zero-order chi connectivity index (χ0) is 14.9. The monoisotopic (exact) mass is 288 g/mol. The molecule has 1 aliphatic carbocycles. The maximum atomic E-state index is 14.1. The van der Waals surface area contributed by atoms with Gasteiger partial charge in [0.25, 0.3) is 0 Å². The Morgan fingerprint density at radius 3 is 2.24 bits per heavy atom. The van der Waals surface area contributed by atoms with Gasteiger partial charge in [0.05, 0.1) is 6.10 Å². The minimum atomic E-state index is -1.03. The van der Waals surface area contributed by atoms with Crippen LogP contribution in [0.5, 0.6) is 0 Å². The van der Waals surface area contributed by atoms with E-state index in [9.17, 15) is 13.9 Å². The molecule has 1 atom stereocenters. The minimum absolute atomic E-state index is 0.0563. The molecule has 2 aromatic rings. The summed E-state index contributed by atoms with van der Waals surface area (Å²) in [6.07, 6.45) is 2.52. The molecule has 1 saturated carbocycles. The second kappa shape index (κ2) is 5.57. The number of rotatable bonds is 3. The van der Waals surface area contributed by atoms with Gasteiger partial charge in [-0.25, -0.2) is 8.78 Å². The van der Waals surface area contributed by atoms with Crippen molar-refractivity contribution >= 4 is 0 Å². The average Bonchev–Trinajstić information content (AvgIpc) is 3.01. The van der Waals surface area contributed by atoms with Gasteiger partial charge >= 0.3 is 0 Å². The van der Waals surface area contributed by atoms with Gasteiger partial charge in [0.2, 0.25) is 0 Å². The summed E-state index contributed by atoms with van der Waals surface area (Å²) in [7, 11) is 0. The van der Waals surface area contributed by atoms with E-state index in [0.29, 0.717) is 0 Å². The van der Waals surface area contributed by atoms with Crippen molar-refractivity contribution < 1.29 is 13.9 Å². The quantitative estimate of drug-likeness (QED) is 0.881. The van der Waals surface area contributed by atoms with E-state index in [1.54, 1.807) is 0 Å². The van der Waals surface area contributed by atoms with Crippen LogP contribution in [-0.4, -0.2) is 5.11 Å². The molecule has 0 saturated heterocycles. The molecule has 0 radical (unpaired) electrons. The highest BCUT2D eigenvalue weighted by atomic mass is 19.2. The third-order valence-corrected chi connectivity index (χ3v) is 4.64. The Hall–Kier alpha value is -1.74. The Bertz CT molecular complexity index is 618. The molecule has 0 spiro atoms. The summed E-state index contributed by atoms with van der Waals surface area (Å²) in [5.74, 6) is -1.85. The third kappa shape index (κ3) is 2.36. The fraction of sp³-hybridized carbons (Fsp3) is 0.333. The molecule has 0 aliphatic heterocycles. The Morgan fingerprint density at radius 1 is 0.905 bits per heavy atom. The SMILES string of the molecule is OC(c1cccc(F)c1F)C1(c2ccccc2)CCCC1. The Morgan fingerprint density at radius 2 is 1.57 bits per heavy atom. The van der Waals surface area contributed by atoms with Crippen molar-refractivity contribution in [1.82, 2.24) is 0 Å². The molecule has 1 nitrogen and oxygen atoms in total. The first-order valence-electron chi connectivity index (χ1n) is 7.33. The molecule has 0 heterocycles. The van der Waals surface area contributed by atoms with Crippen LogP contribution >= 0.6 is 0 Å². The van der Waals surface area contributed by atoms with Crippen molar-refractivity contribution in [2.75, 3.05) is 0 Å². The van der Waals surface area contributed by atoms with E-state index < -0.39 is 23.2 Å². The van der Waals surface area contributed by atoms with Crippen molar-refractivity contribution in [3.05, 3.63) is 71.3 Å². The summed E-state index contributed by atoms with van der Waals surface area (Å²) in [6.45, 7) is 0. The number of aliphatic hydroxyl groups excluding tert-OH is 1. The van der Waals surface area contributed by atoms with Crippen LogP contribution in [0.1, 0.15) is 42.9 Å². The summed E-state index contributed by atoms with van der Waals surface area (Å²) < 4.78 is 27.5. The molecular weight excluding hydrogens is 270 g/mol. The highest BCUT2D eigenvalue weighted by Gasteiger charge is 2.43. The lowest BCUT2D eigenvalue weighted by molar-refractivity contribution is 0.0781. The number of aliphatic hydroxyl groups is 1. The average molecular weight is 288 g/mol. The molecule has 2 aromatic carbocycles. The second-order valence-electron chi connectivity index (χ2n) is 5.77. The first-order chi connectivity index (χ1) is 10.1. The van der Waals surface area contributed by atoms with E-state index in [2.05, 4.69) is 0 Å². The first kappa shape index (κ1) is 14.2. The van der Waals surface area contributed by atoms with Gasteiger partial charge in [-0.05, 0) is 24.5 Å². The first-order valence-corrected chi connectivity index (χ1v) is 7.33. The highest BCUT2D eigenvalue weighted by Crippen LogP contribution is 2.50. The Balaban J connectivity index is 2.08. The molecule has 3 rings (SSSR count). The van der Waals surface area contributed by atoms with E-state index in [4.69, 9.17) is 0 Å². The van der Waals surface area contributed by atoms with Gasteiger partial charge in [-0.15, -0.1) is 0 Å². The molecular formula is C18H18F2O. The van der Waals surface area contributed by atoms with Gasteiger partial charge in [0, 0.05) is 11.0 Å². The van der Waals surface area contributed by atoms with Crippen LogP contribution in [-0.2, 0) is 5.41 Å². The summed E-state index contributed by atoms with van der Waals surface area (Å²) >= 11 is 0. The lowest BCUT2D eigenvalue weighted by Crippen LogP contribution is -2.31. The molecule has 3 heteroatoms. The summed E-state index contributed by atoms with van der Waals surface area (Å²) in [5.41, 5.74) is 0.537. The van der Waals surface area contributed by atoms with Crippen LogP contribution < -0.4 is 0 Å². The van der Waals surface area contributed by atoms with E-state index in [1.807, 2.05) is 30.3 Å². The van der Waals surface area contributed by atoms with Gasteiger partial charge in [-0.2, -0.15) is 0 Å². The summed E-state index contributed by atoms with van der Waals surface area (Å²) in [4.78, 5) is 0. The molecule has 0 aromatic heterocycles. The maximum Gasteiger partial charge on any atom is 0.164 e. The van der Waals surface area contributed by atoms with Gasteiger partial charge < -0.3 is 5.11 Å². The maximum absolute atomic E-state index is 14.1. The van der Waals surface area contributed by atoms with Gasteiger partial charge in [0.15, 0.2) is 11.6 Å². The minimum Gasteiger partial charge on any atom is -0.387 e. The van der Waals surface area contributed by atoms with Gasteiger partial charge in [0.1, 0.15) is 0 Å². The van der Waals surface area contributed by atoms with Crippen LogP contribution in [0.25, 0.3) is 0 Å². The van der Waals surface area contributed by atoms with Crippen molar-refractivity contribution in [3.8, 4) is 0 Å². The topological polar surface area (TPSA) is 20.2 Å². The summed E-state index contributed by atoms with van der Waals surface area (Å²) in [5, 5.41) is 10.8. The van der Waals surface area contributed by atoms with Crippen molar-refractivity contribution in [2.45, 2.75) is 37.2 Å². The van der Waals surface area contributed by atoms with E-state index in [-0.39, 0.29) is 5.56 Å². The predicted molar refractivity (Wildman–Crippen MR) is 77.9 cm³/mol. The van der Waals surface area contributed by atoms with Gasteiger partial charge in [-0.1, -0.05) is 55.3 Å². The van der Waals surface area contributed by atoms with E-state index in [0.717, 1.165) is 37.3 Å². The predicted octanol–water partition coefficient (Wildman–Crippen LogP) is 4.51. The molecule has 0 amide bonds.